The Morgan fingerprint density at radius 1 is 1.00 bits per heavy atom. The zero-order chi connectivity index (χ0) is 16.1. The highest BCUT2D eigenvalue weighted by Crippen LogP contribution is 2.26. The van der Waals surface area contributed by atoms with Crippen LogP contribution in [-0.4, -0.2) is 5.91 Å². The maximum absolute atomic E-state index is 12.0. The van der Waals surface area contributed by atoms with Crippen molar-refractivity contribution in [3.63, 3.8) is 0 Å². The Bertz CT molecular complexity index is 834. The molecule has 0 aliphatic heterocycles. The molecule has 3 heteroatoms. The number of carbonyl (C=O) groups excluding carboxylic acids is 1. The first kappa shape index (κ1) is 15.3. The van der Waals surface area contributed by atoms with E-state index in [2.05, 4.69) is 28.9 Å². The molecular formula is C20H17NOS. The largest absolute Gasteiger partial charge is 0.323 e. The molecule has 1 aromatic heterocycles. The fourth-order valence-corrected chi connectivity index (χ4v) is 3.10. The summed E-state index contributed by atoms with van der Waals surface area (Å²) in [6, 6.07) is 20.1. The van der Waals surface area contributed by atoms with Crippen molar-refractivity contribution in [1.82, 2.24) is 0 Å². The summed E-state index contributed by atoms with van der Waals surface area (Å²) in [7, 11) is 0. The van der Waals surface area contributed by atoms with Crippen molar-refractivity contribution < 1.29 is 4.79 Å². The molecule has 1 amide bonds. The van der Waals surface area contributed by atoms with Crippen molar-refractivity contribution in [3.8, 4) is 11.1 Å². The highest BCUT2D eigenvalue weighted by Gasteiger charge is 2.01. The minimum Gasteiger partial charge on any atom is -0.323 e. The van der Waals surface area contributed by atoms with Crippen LogP contribution in [0.15, 0.2) is 72.1 Å². The predicted molar refractivity (Wildman–Crippen MR) is 98.6 cm³/mol. The predicted octanol–water partition coefficient (Wildman–Crippen LogP) is 5.38. The lowest BCUT2D eigenvalue weighted by molar-refractivity contribution is -0.111. The Balaban J connectivity index is 1.66. The van der Waals surface area contributed by atoms with Crippen molar-refractivity contribution in [1.29, 1.82) is 0 Å². The van der Waals surface area contributed by atoms with Gasteiger partial charge in [0.2, 0.25) is 5.91 Å². The van der Waals surface area contributed by atoms with Gasteiger partial charge in [-0.2, -0.15) is 0 Å². The molecule has 2 nitrogen and oxygen atoms in total. The average Bonchev–Trinajstić information content (AvgIpc) is 3.03. The third-order valence-electron chi connectivity index (χ3n) is 3.41. The van der Waals surface area contributed by atoms with Crippen LogP contribution in [0.3, 0.4) is 0 Å². The number of rotatable bonds is 4. The second kappa shape index (κ2) is 7.07. The van der Waals surface area contributed by atoms with Crippen LogP contribution >= 0.6 is 11.3 Å². The second-order valence-electron chi connectivity index (χ2n) is 5.30. The van der Waals surface area contributed by atoms with Gasteiger partial charge in [-0.25, -0.2) is 0 Å². The Morgan fingerprint density at radius 3 is 2.61 bits per heavy atom. The lowest BCUT2D eigenvalue weighted by atomic mass is 10.1. The molecule has 114 valence electrons. The number of benzene rings is 2. The number of anilines is 1. The number of nitrogens with one attached hydrogen (secondary N) is 1. The summed E-state index contributed by atoms with van der Waals surface area (Å²) in [4.78, 5) is 13.0. The van der Waals surface area contributed by atoms with E-state index in [1.807, 2.05) is 55.5 Å². The van der Waals surface area contributed by atoms with Crippen LogP contribution in [0, 0.1) is 6.92 Å². The van der Waals surface area contributed by atoms with Gasteiger partial charge < -0.3 is 5.32 Å². The van der Waals surface area contributed by atoms with E-state index < -0.39 is 0 Å². The molecule has 0 radical (unpaired) electrons. The molecule has 3 aromatic rings. The van der Waals surface area contributed by atoms with E-state index >= 15 is 0 Å². The Labute approximate surface area is 140 Å². The summed E-state index contributed by atoms with van der Waals surface area (Å²) in [5.41, 5.74) is 4.30. The first-order valence-electron chi connectivity index (χ1n) is 7.40. The van der Waals surface area contributed by atoms with Crippen molar-refractivity contribution in [2.24, 2.45) is 0 Å². The van der Waals surface area contributed by atoms with Crippen molar-refractivity contribution >= 4 is 29.0 Å². The van der Waals surface area contributed by atoms with Gasteiger partial charge >= 0.3 is 0 Å². The summed E-state index contributed by atoms with van der Waals surface area (Å²) < 4.78 is 0. The molecule has 1 N–H and O–H groups in total. The van der Waals surface area contributed by atoms with Gasteiger partial charge in [-0.15, -0.1) is 11.3 Å². The average molecular weight is 319 g/mol. The van der Waals surface area contributed by atoms with E-state index in [0.717, 1.165) is 16.1 Å². The molecule has 1 heterocycles. The number of hydrogen-bond donors (Lipinski definition) is 1. The molecule has 0 saturated carbocycles. The van der Waals surface area contributed by atoms with Crippen LogP contribution in [0.1, 0.15) is 10.4 Å². The molecule has 0 unspecified atom stereocenters. The van der Waals surface area contributed by atoms with Crippen LogP contribution in [0.5, 0.6) is 0 Å². The summed E-state index contributed by atoms with van der Waals surface area (Å²) in [5.74, 6) is -0.120. The van der Waals surface area contributed by atoms with Crippen LogP contribution in [0.2, 0.25) is 0 Å². The van der Waals surface area contributed by atoms with Gasteiger partial charge in [0.25, 0.3) is 0 Å². The third kappa shape index (κ3) is 4.18. The standard InChI is InChI=1S/C20H17NOS/c1-15-6-5-9-18(12-15)21-20(22)11-10-19-13-17(14-23-19)16-7-3-2-4-8-16/h2-14H,1H3,(H,21,22)/b11-10+. The molecule has 23 heavy (non-hydrogen) atoms. The van der Waals surface area contributed by atoms with E-state index in [1.54, 1.807) is 17.4 Å². The zero-order valence-electron chi connectivity index (χ0n) is 12.8. The molecule has 0 aliphatic rings. The maximum Gasteiger partial charge on any atom is 0.248 e. The zero-order valence-corrected chi connectivity index (χ0v) is 13.6. The van der Waals surface area contributed by atoms with Crippen molar-refractivity contribution in [2.75, 3.05) is 5.32 Å². The van der Waals surface area contributed by atoms with E-state index in [1.165, 1.54) is 11.1 Å². The number of thiophene rings is 1. The quantitative estimate of drug-likeness (QED) is 0.643. The summed E-state index contributed by atoms with van der Waals surface area (Å²) in [6.07, 6.45) is 3.42. The first-order chi connectivity index (χ1) is 11.2. The maximum atomic E-state index is 12.0. The molecule has 2 aromatic carbocycles. The normalized spacial score (nSPS) is 10.8. The molecule has 3 rings (SSSR count). The van der Waals surface area contributed by atoms with Crippen LogP contribution in [0.4, 0.5) is 5.69 Å². The van der Waals surface area contributed by atoms with Gasteiger partial charge in [0.05, 0.1) is 0 Å². The van der Waals surface area contributed by atoms with Gasteiger partial charge in [-0.05, 0) is 53.3 Å². The second-order valence-corrected chi connectivity index (χ2v) is 6.24. The van der Waals surface area contributed by atoms with Gasteiger partial charge in [-0.1, -0.05) is 42.5 Å². The van der Waals surface area contributed by atoms with E-state index in [9.17, 15) is 4.79 Å². The Kier molecular flexibility index (Phi) is 4.69. The highest BCUT2D eigenvalue weighted by atomic mass is 32.1. The van der Waals surface area contributed by atoms with E-state index in [-0.39, 0.29) is 5.91 Å². The van der Waals surface area contributed by atoms with Gasteiger partial charge in [0.15, 0.2) is 0 Å². The molecule has 0 spiro atoms. The summed E-state index contributed by atoms with van der Waals surface area (Å²) >= 11 is 1.63. The lowest BCUT2D eigenvalue weighted by Crippen LogP contribution is -2.07. The van der Waals surface area contributed by atoms with Crippen molar-refractivity contribution in [2.45, 2.75) is 6.92 Å². The van der Waals surface area contributed by atoms with Gasteiger partial charge in [0.1, 0.15) is 0 Å². The first-order valence-corrected chi connectivity index (χ1v) is 8.28. The number of hydrogen-bond acceptors (Lipinski definition) is 2. The lowest BCUT2D eigenvalue weighted by Gasteiger charge is -2.02. The summed E-state index contributed by atoms with van der Waals surface area (Å²) in [5, 5.41) is 4.97. The van der Waals surface area contributed by atoms with E-state index in [0.29, 0.717) is 0 Å². The number of amides is 1. The molecule has 0 atom stereocenters. The number of aryl methyl sites for hydroxylation is 1. The molecular weight excluding hydrogens is 302 g/mol. The monoisotopic (exact) mass is 319 g/mol. The van der Waals surface area contributed by atoms with Gasteiger partial charge in [0, 0.05) is 16.6 Å². The molecule has 0 bridgehead atoms. The van der Waals surface area contributed by atoms with Crippen LogP contribution in [0.25, 0.3) is 17.2 Å². The Morgan fingerprint density at radius 2 is 1.83 bits per heavy atom. The van der Waals surface area contributed by atoms with E-state index in [4.69, 9.17) is 0 Å². The Hall–Kier alpha value is -2.65. The highest BCUT2D eigenvalue weighted by molar-refractivity contribution is 7.11. The van der Waals surface area contributed by atoms with Crippen molar-refractivity contribution in [3.05, 3.63) is 82.6 Å². The number of carbonyl (C=O) groups is 1. The van der Waals surface area contributed by atoms with Crippen LogP contribution < -0.4 is 5.32 Å². The molecule has 0 aliphatic carbocycles. The summed E-state index contributed by atoms with van der Waals surface area (Å²) in [6.45, 7) is 2.00. The smallest absolute Gasteiger partial charge is 0.248 e. The molecule has 0 fully saturated rings. The van der Waals surface area contributed by atoms with Crippen LogP contribution in [-0.2, 0) is 4.79 Å². The topological polar surface area (TPSA) is 29.1 Å². The SMILES string of the molecule is Cc1cccc(NC(=O)/C=C/c2cc(-c3ccccc3)cs2)c1. The third-order valence-corrected chi connectivity index (χ3v) is 4.31. The fraction of sp³-hybridized carbons (Fsp3) is 0.0500. The minimum absolute atomic E-state index is 0.120. The minimum atomic E-state index is -0.120. The molecule has 0 saturated heterocycles. The fourth-order valence-electron chi connectivity index (χ4n) is 2.29. The van der Waals surface area contributed by atoms with Gasteiger partial charge in [-0.3, -0.25) is 4.79 Å².